The number of anilines is 3. The summed E-state index contributed by atoms with van der Waals surface area (Å²) >= 11 is 0. The second-order valence-corrected chi connectivity index (χ2v) is 6.51. The molecule has 0 fully saturated rings. The van der Waals surface area contributed by atoms with Gasteiger partial charge in [-0.05, 0) is 46.7 Å². The lowest BCUT2D eigenvalue weighted by molar-refractivity contribution is 0.314. The van der Waals surface area contributed by atoms with E-state index in [0.717, 1.165) is 11.4 Å². The maximum atomic E-state index is 5.37. The molecule has 0 radical (unpaired) electrons. The van der Waals surface area contributed by atoms with Crippen molar-refractivity contribution in [3.05, 3.63) is 42.0 Å². The predicted molar refractivity (Wildman–Crippen MR) is 121 cm³/mol. The minimum Gasteiger partial charge on any atom is -0.497 e. The van der Waals surface area contributed by atoms with Gasteiger partial charge in [0.05, 0.1) is 34.7 Å². The molecule has 2 aromatic carbocycles. The lowest BCUT2D eigenvalue weighted by Gasteiger charge is -2.12. The largest absolute Gasteiger partial charge is 0.497 e. The number of hydrogen-bond donors (Lipinski definition) is 2. The van der Waals surface area contributed by atoms with Crippen molar-refractivity contribution in [2.24, 2.45) is 5.10 Å². The Morgan fingerprint density at radius 2 is 1.45 bits per heavy atom. The summed E-state index contributed by atoms with van der Waals surface area (Å²) < 4.78 is 26.0. The van der Waals surface area contributed by atoms with Gasteiger partial charge < -0.3 is 24.3 Å². The molecule has 4 rings (SSSR count). The number of nitrogens with one attached hydrogen (secondary N) is 2. The minimum absolute atomic E-state index is 0.237. The van der Waals surface area contributed by atoms with E-state index < -0.39 is 0 Å². The number of fused-ring (bicyclic) bond motifs is 1. The maximum absolute atomic E-state index is 5.37. The molecular formula is C21H21N7O5. The van der Waals surface area contributed by atoms with Crippen molar-refractivity contribution in [2.75, 3.05) is 39.2 Å². The number of rotatable bonds is 9. The van der Waals surface area contributed by atoms with E-state index in [0.29, 0.717) is 34.4 Å². The second-order valence-electron chi connectivity index (χ2n) is 6.51. The Balaban J connectivity index is 1.61. The van der Waals surface area contributed by atoms with E-state index in [2.05, 4.69) is 36.1 Å². The van der Waals surface area contributed by atoms with Gasteiger partial charge in [-0.1, -0.05) is 0 Å². The van der Waals surface area contributed by atoms with Crippen molar-refractivity contribution in [3.63, 3.8) is 0 Å². The number of aromatic nitrogens is 4. The predicted octanol–water partition coefficient (Wildman–Crippen LogP) is 3.24. The molecule has 0 spiro atoms. The first-order valence-corrected chi connectivity index (χ1v) is 9.65. The molecular weight excluding hydrogens is 430 g/mol. The first-order chi connectivity index (χ1) is 16.1. The van der Waals surface area contributed by atoms with Gasteiger partial charge in [0, 0.05) is 11.3 Å². The first kappa shape index (κ1) is 21.6. The molecule has 0 amide bonds. The number of benzene rings is 2. The van der Waals surface area contributed by atoms with Gasteiger partial charge in [-0.3, -0.25) is 5.43 Å². The molecule has 2 N–H and O–H groups in total. The number of methoxy groups -OCH3 is 4. The summed E-state index contributed by atoms with van der Waals surface area (Å²) in [5.41, 5.74) is 4.84. The molecule has 12 heteroatoms. The normalized spacial score (nSPS) is 10.9. The highest BCUT2D eigenvalue weighted by Gasteiger charge is 2.14. The van der Waals surface area contributed by atoms with Gasteiger partial charge in [-0.25, -0.2) is 9.61 Å². The average molecular weight is 451 g/mol. The van der Waals surface area contributed by atoms with Crippen LogP contribution in [0, 0.1) is 0 Å². The highest BCUT2D eigenvalue weighted by atomic mass is 16.6. The van der Waals surface area contributed by atoms with E-state index >= 15 is 0 Å². The summed E-state index contributed by atoms with van der Waals surface area (Å²) in [6.45, 7) is 0. The molecule has 0 bridgehead atoms. The molecule has 0 aliphatic rings. The van der Waals surface area contributed by atoms with Gasteiger partial charge in [0.15, 0.2) is 23.1 Å². The molecule has 0 saturated carbocycles. The zero-order valence-electron chi connectivity index (χ0n) is 18.3. The zero-order chi connectivity index (χ0) is 23.2. The molecule has 0 aliphatic heterocycles. The Kier molecular flexibility index (Phi) is 6.34. The van der Waals surface area contributed by atoms with Crippen molar-refractivity contribution in [1.29, 1.82) is 0 Å². The third-order valence-electron chi connectivity index (χ3n) is 4.54. The Labute approximate surface area is 188 Å². The molecule has 12 nitrogen and oxygen atoms in total. The van der Waals surface area contributed by atoms with Gasteiger partial charge in [-0.15, -0.1) is 0 Å². The lowest BCUT2D eigenvalue weighted by atomic mass is 10.2. The zero-order valence-corrected chi connectivity index (χ0v) is 18.3. The van der Waals surface area contributed by atoms with E-state index in [-0.39, 0.29) is 11.3 Å². The van der Waals surface area contributed by atoms with Crippen LogP contribution in [-0.2, 0) is 0 Å². The molecule has 0 atom stereocenters. The van der Waals surface area contributed by atoms with Crippen LogP contribution in [0.5, 0.6) is 23.0 Å². The van der Waals surface area contributed by atoms with Crippen molar-refractivity contribution in [3.8, 4) is 23.0 Å². The van der Waals surface area contributed by atoms with Crippen molar-refractivity contribution >= 4 is 34.8 Å². The molecule has 170 valence electrons. The fourth-order valence-corrected chi connectivity index (χ4v) is 2.96. The minimum atomic E-state index is 0.237. The van der Waals surface area contributed by atoms with E-state index in [1.807, 2.05) is 24.3 Å². The topological polar surface area (TPSA) is 138 Å². The SMILES string of the molecule is COc1ccc(Nc2nc3nonc3nc2NN=Cc2cc(OC)c(OC)c(OC)c2)cc1. The van der Waals surface area contributed by atoms with E-state index in [1.54, 1.807) is 46.8 Å². The standard InChI is InChI=1S/C21H21N7O5/c1-29-14-7-5-13(6-8-14)23-18-19(25-21-20(24-18)27-33-28-21)26-22-11-12-9-15(30-2)17(32-4)16(10-12)31-3/h5-11H,1-4H3,(H,23,24,27)(H,25,26,28). The van der Waals surface area contributed by atoms with Crippen molar-refractivity contribution < 1.29 is 23.6 Å². The molecule has 2 heterocycles. The summed E-state index contributed by atoms with van der Waals surface area (Å²) in [4.78, 5) is 8.79. The summed E-state index contributed by atoms with van der Waals surface area (Å²) in [7, 11) is 6.24. The van der Waals surface area contributed by atoms with Crippen LogP contribution in [0.3, 0.4) is 0 Å². The fraction of sp³-hybridized carbons (Fsp3) is 0.190. The van der Waals surface area contributed by atoms with Crippen molar-refractivity contribution in [1.82, 2.24) is 20.3 Å². The monoisotopic (exact) mass is 451 g/mol. The van der Waals surface area contributed by atoms with E-state index in [4.69, 9.17) is 23.6 Å². The van der Waals surface area contributed by atoms with Gasteiger partial charge >= 0.3 is 0 Å². The summed E-state index contributed by atoms with van der Waals surface area (Å²) in [5.74, 6) is 2.94. The maximum Gasteiger partial charge on any atom is 0.245 e. The Hall–Kier alpha value is -4.61. The Morgan fingerprint density at radius 3 is 2.03 bits per heavy atom. The lowest BCUT2D eigenvalue weighted by Crippen LogP contribution is -2.03. The van der Waals surface area contributed by atoms with Crippen LogP contribution in [0.4, 0.5) is 17.3 Å². The van der Waals surface area contributed by atoms with Gasteiger partial charge in [-0.2, -0.15) is 10.1 Å². The molecule has 0 saturated heterocycles. The number of ether oxygens (including phenoxy) is 4. The summed E-state index contributed by atoms with van der Waals surface area (Å²) in [5, 5.41) is 14.9. The third kappa shape index (κ3) is 4.69. The molecule has 4 aromatic rings. The van der Waals surface area contributed by atoms with Crippen LogP contribution in [0.25, 0.3) is 11.3 Å². The van der Waals surface area contributed by atoms with Gasteiger partial charge in [0.1, 0.15) is 5.75 Å². The molecule has 0 aliphatic carbocycles. The van der Waals surface area contributed by atoms with Crippen LogP contribution < -0.4 is 29.7 Å². The van der Waals surface area contributed by atoms with Crippen LogP contribution in [0.1, 0.15) is 5.56 Å². The Bertz CT molecular complexity index is 1250. The van der Waals surface area contributed by atoms with Crippen LogP contribution in [0.15, 0.2) is 46.1 Å². The number of hydrogen-bond acceptors (Lipinski definition) is 12. The van der Waals surface area contributed by atoms with E-state index in [1.165, 1.54) is 0 Å². The average Bonchev–Trinajstić information content (AvgIpc) is 3.31. The van der Waals surface area contributed by atoms with Gasteiger partial charge in [0.25, 0.3) is 0 Å². The molecule has 0 unspecified atom stereocenters. The number of hydrazone groups is 1. The molecule has 33 heavy (non-hydrogen) atoms. The summed E-state index contributed by atoms with van der Waals surface area (Å²) in [6, 6.07) is 10.9. The highest BCUT2D eigenvalue weighted by molar-refractivity contribution is 5.84. The highest BCUT2D eigenvalue weighted by Crippen LogP contribution is 2.37. The van der Waals surface area contributed by atoms with E-state index in [9.17, 15) is 0 Å². The first-order valence-electron chi connectivity index (χ1n) is 9.65. The fourth-order valence-electron chi connectivity index (χ4n) is 2.96. The van der Waals surface area contributed by atoms with Crippen molar-refractivity contribution in [2.45, 2.75) is 0 Å². The smallest absolute Gasteiger partial charge is 0.245 e. The van der Waals surface area contributed by atoms with Gasteiger partial charge in [0.2, 0.25) is 17.0 Å². The number of nitrogens with zero attached hydrogens (tertiary/aromatic N) is 5. The third-order valence-corrected chi connectivity index (χ3v) is 4.54. The second kappa shape index (κ2) is 9.68. The summed E-state index contributed by atoms with van der Waals surface area (Å²) in [6.07, 6.45) is 1.58. The van der Waals surface area contributed by atoms with Crippen LogP contribution >= 0.6 is 0 Å². The Morgan fingerprint density at radius 1 is 0.818 bits per heavy atom. The molecule has 2 aromatic heterocycles. The quantitative estimate of drug-likeness (QED) is 0.286. The van der Waals surface area contributed by atoms with Crippen LogP contribution in [-0.4, -0.2) is 54.9 Å². The van der Waals surface area contributed by atoms with Crippen LogP contribution in [0.2, 0.25) is 0 Å².